The zero-order valence-corrected chi connectivity index (χ0v) is 10.5. The zero-order chi connectivity index (χ0) is 11.8. The third-order valence-corrected chi connectivity index (χ3v) is 2.47. The van der Waals surface area contributed by atoms with Gasteiger partial charge in [-0.3, -0.25) is 4.79 Å². The van der Waals surface area contributed by atoms with E-state index in [2.05, 4.69) is 27.8 Å². The van der Waals surface area contributed by atoms with Crippen LogP contribution in [-0.4, -0.2) is 12.5 Å². The molecule has 0 aliphatic carbocycles. The Morgan fingerprint density at radius 2 is 2.06 bits per heavy atom. The summed E-state index contributed by atoms with van der Waals surface area (Å²) >= 11 is 3.35. The topological polar surface area (TPSA) is 29.1 Å². The minimum absolute atomic E-state index is 0.0789. The van der Waals surface area contributed by atoms with E-state index in [9.17, 15) is 4.79 Å². The van der Waals surface area contributed by atoms with Gasteiger partial charge in [0.15, 0.2) is 0 Å². The molecule has 0 saturated heterocycles. The normalized spacial score (nSPS) is 10.3. The monoisotopic (exact) mass is 279 g/mol. The Hall–Kier alpha value is -1.35. The van der Waals surface area contributed by atoms with Crippen molar-refractivity contribution in [3.05, 3.63) is 53.0 Å². The summed E-state index contributed by atoms with van der Waals surface area (Å²) < 4.78 is 1.03. The summed E-state index contributed by atoms with van der Waals surface area (Å²) in [5.41, 5.74) is 1.00. The molecule has 0 aliphatic heterocycles. The highest BCUT2D eigenvalue weighted by molar-refractivity contribution is 9.10. The molecule has 3 heteroatoms. The number of carbonyl (C=O) groups is 1. The molecule has 1 aromatic carbocycles. The maximum Gasteiger partial charge on any atom is 0.244 e. The van der Waals surface area contributed by atoms with Crippen LogP contribution in [0.5, 0.6) is 0 Å². The summed E-state index contributed by atoms with van der Waals surface area (Å²) in [6, 6.07) is 7.76. The van der Waals surface area contributed by atoms with Gasteiger partial charge in [-0.15, -0.1) is 6.58 Å². The summed E-state index contributed by atoms with van der Waals surface area (Å²) in [4.78, 5) is 11.3. The van der Waals surface area contributed by atoms with Crippen molar-refractivity contribution in [3.63, 3.8) is 0 Å². The van der Waals surface area contributed by atoms with Crippen LogP contribution in [0, 0.1) is 0 Å². The molecule has 0 spiro atoms. The van der Waals surface area contributed by atoms with Gasteiger partial charge < -0.3 is 5.32 Å². The van der Waals surface area contributed by atoms with Crippen molar-refractivity contribution in [2.75, 3.05) is 6.54 Å². The summed E-state index contributed by atoms with van der Waals surface area (Å²) in [5, 5.41) is 2.76. The molecule has 0 radical (unpaired) electrons. The molecule has 16 heavy (non-hydrogen) atoms. The van der Waals surface area contributed by atoms with Crippen LogP contribution >= 0.6 is 15.9 Å². The summed E-state index contributed by atoms with van der Waals surface area (Å²) in [6.07, 6.45) is 5.89. The average molecular weight is 280 g/mol. The lowest BCUT2D eigenvalue weighted by atomic mass is 10.2. The van der Waals surface area contributed by atoms with Gasteiger partial charge in [-0.1, -0.05) is 34.1 Å². The molecule has 0 bridgehead atoms. The molecule has 0 aliphatic rings. The SMILES string of the molecule is C=CCCNC(=O)/C=C/c1ccc(Br)cc1. The highest BCUT2D eigenvalue weighted by atomic mass is 79.9. The van der Waals surface area contributed by atoms with Gasteiger partial charge in [0, 0.05) is 17.1 Å². The Kier molecular flexibility index (Phi) is 5.57. The van der Waals surface area contributed by atoms with Crippen LogP contribution in [-0.2, 0) is 4.79 Å². The first-order chi connectivity index (χ1) is 7.72. The molecule has 84 valence electrons. The van der Waals surface area contributed by atoms with Crippen LogP contribution in [0.15, 0.2) is 47.5 Å². The maximum absolute atomic E-state index is 11.3. The molecule has 2 nitrogen and oxygen atoms in total. The van der Waals surface area contributed by atoms with E-state index >= 15 is 0 Å². The quantitative estimate of drug-likeness (QED) is 0.501. The lowest BCUT2D eigenvalue weighted by molar-refractivity contribution is -0.116. The van der Waals surface area contributed by atoms with E-state index in [1.165, 1.54) is 6.08 Å². The summed E-state index contributed by atoms with van der Waals surface area (Å²) in [5.74, 6) is -0.0789. The first-order valence-corrected chi connectivity index (χ1v) is 5.84. The average Bonchev–Trinajstić information content (AvgIpc) is 2.29. The molecule has 0 fully saturated rings. The summed E-state index contributed by atoms with van der Waals surface area (Å²) in [7, 11) is 0. The number of halogens is 1. The minimum atomic E-state index is -0.0789. The maximum atomic E-state index is 11.3. The third kappa shape index (κ3) is 4.94. The smallest absolute Gasteiger partial charge is 0.244 e. The molecule has 0 saturated carbocycles. The van der Waals surface area contributed by atoms with E-state index in [0.717, 1.165) is 16.5 Å². The minimum Gasteiger partial charge on any atom is -0.352 e. The Morgan fingerprint density at radius 1 is 1.38 bits per heavy atom. The van der Waals surface area contributed by atoms with Gasteiger partial charge in [-0.05, 0) is 30.2 Å². The van der Waals surface area contributed by atoms with Gasteiger partial charge in [0.1, 0.15) is 0 Å². The van der Waals surface area contributed by atoms with E-state index in [-0.39, 0.29) is 5.91 Å². The van der Waals surface area contributed by atoms with Crippen LogP contribution < -0.4 is 5.32 Å². The van der Waals surface area contributed by atoms with Gasteiger partial charge >= 0.3 is 0 Å². The van der Waals surface area contributed by atoms with E-state index in [4.69, 9.17) is 0 Å². The van der Waals surface area contributed by atoms with Gasteiger partial charge in [-0.2, -0.15) is 0 Å². The lowest BCUT2D eigenvalue weighted by Crippen LogP contribution is -2.21. The number of carbonyl (C=O) groups excluding carboxylic acids is 1. The zero-order valence-electron chi connectivity index (χ0n) is 8.95. The second-order valence-corrected chi connectivity index (χ2v) is 4.17. The third-order valence-electron chi connectivity index (χ3n) is 1.94. The molecule has 0 aromatic heterocycles. The second-order valence-electron chi connectivity index (χ2n) is 3.25. The Morgan fingerprint density at radius 3 is 2.69 bits per heavy atom. The Bertz CT molecular complexity index is 381. The largest absolute Gasteiger partial charge is 0.352 e. The van der Waals surface area contributed by atoms with Crippen molar-refractivity contribution in [3.8, 4) is 0 Å². The van der Waals surface area contributed by atoms with Crippen LogP contribution in [0.3, 0.4) is 0 Å². The van der Waals surface area contributed by atoms with Crippen LogP contribution in [0.25, 0.3) is 6.08 Å². The Balaban J connectivity index is 2.43. The second kappa shape index (κ2) is 7.01. The molecule has 0 unspecified atom stereocenters. The van der Waals surface area contributed by atoms with Crippen molar-refractivity contribution < 1.29 is 4.79 Å². The van der Waals surface area contributed by atoms with Gasteiger partial charge in [0.2, 0.25) is 5.91 Å². The van der Waals surface area contributed by atoms with Crippen LogP contribution in [0.1, 0.15) is 12.0 Å². The Labute approximate surface area is 104 Å². The van der Waals surface area contributed by atoms with E-state index in [0.29, 0.717) is 6.54 Å². The van der Waals surface area contributed by atoms with Crippen molar-refractivity contribution >= 4 is 27.9 Å². The van der Waals surface area contributed by atoms with Crippen molar-refractivity contribution in [2.45, 2.75) is 6.42 Å². The molecule has 1 rings (SSSR count). The lowest BCUT2D eigenvalue weighted by Gasteiger charge is -1.98. The molecule has 0 heterocycles. The van der Waals surface area contributed by atoms with Crippen LogP contribution in [0.2, 0.25) is 0 Å². The fourth-order valence-electron chi connectivity index (χ4n) is 1.10. The van der Waals surface area contributed by atoms with Crippen molar-refractivity contribution in [2.24, 2.45) is 0 Å². The molecular formula is C13H14BrNO. The number of nitrogens with one attached hydrogen (secondary N) is 1. The molecule has 1 aromatic rings. The number of amides is 1. The van der Waals surface area contributed by atoms with E-state index in [1.807, 2.05) is 24.3 Å². The van der Waals surface area contributed by atoms with E-state index in [1.54, 1.807) is 12.2 Å². The van der Waals surface area contributed by atoms with E-state index < -0.39 is 0 Å². The highest BCUT2D eigenvalue weighted by Gasteiger charge is 1.93. The standard InChI is InChI=1S/C13H14BrNO/c1-2-3-10-15-13(16)9-6-11-4-7-12(14)8-5-11/h2,4-9H,1,3,10H2,(H,15,16)/b9-6+. The first kappa shape index (κ1) is 12.7. The number of hydrogen-bond donors (Lipinski definition) is 1. The molecular weight excluding hydrogens is 266 g/mol. The summed E-state index contributed by atoms with van der Waals surface area (Å²) in [6.45, 7) is 4.22. The van der Waals surface area contributed by atoms with Crippen molar-refractivity contribution in [1.82, 2.24) is 5.32 Å². The fourth-order valence-corrected chi connectivity index (χ4v) is 1.37. The molecule has 0 atom stereocenters. The number of benzene rings is 1. The van der Waals surface area contributed by atoms with Gasteiger partial charge in [0.05, 0.1) is 0 Å². The van der Waals surface area contributed by atoms with Gasteiger partial charge in [-0.25, -0.2) is 0 Å². The molecule has 1 amide bonds. The first-order valence-electron chi connectivity index (χ1n) is 5.05. The highest BCUT2D eigenvalue weighted by Crippen LogP contribution is 2.11. The molecule has 1 N–H and O–H groups in total. The fraction of sp³-hybridized carbons (Fsp3) is 0.154. The predicted octanol–water partition coefficient (Wildman–Crippen LogP) is 3.15. The van der Waals surface area contributed by atoms with Crippen molar-refractivity contribution in [1.29, 1.82) is 0 Å². The van der Waals surface area contributed by atoms with Crippen LogP contribution in [0.4, 0.5) is 0 Å². The number of rotatable bonds is 5. The predicted molar refractivity (Wildman–Crippen MR) is 71.0 cm³/mol. The van der Waals surface area contributed by atoms with Gasteiger partial charge in [0.25, 0.3) is 0 Å². The number of hydrogen-bond acceptors (Lipinski definition) is 1.